The highest BCUT2D eigenvalue weighted by Gasteiger charge is 2.66. The first kappa shape index (κ1) is 27.0. The highest BCUT2D eigenvalue weighted by Crippen LogP contribution is 2.65. The number of thiophene rings is 1. The average molecular weight is 636 g/mol. The molecular weight excluding hydrogens is 600 g/mol. The van der Waals surface area contributed by atoms with Crippen molar-refractivity contribution in [2.24, 2.45) is 5.92 Å². The van der Waals surface area contributed by atoms with Crippen molar-refractivity contribution in [1.29, 1.82) is 0 Å². The zero-order chi connectivity index (χ0) is 28.3. The van der Waals surface area contributed by atoms with Crippen LogP contribution in [-0.4, -0.2) is 66.2 Å². The largest absolute Gasteiger partial charge is 0.508 e. The normalized spacial score (nSPS) is 27.9. The molecule has 0 radical (unpaired) electrons. The minimum Gasteiger partial charge on any atom is -0.508 e. The van der Waals surface area contributed by atoms with Gasteiger partial charge >= 0.3 is 0 Å². The Kier molecular flexibility index (Phi) is 6.91. The van der Waals surface area contributed by atoms with E-state index in [0.717, 1.165) is 71.4 Å². The zero-order valence-electron chi connectivity index (χ0n) is 23.4. The topological polar surface area (TPSA) is 62.2 Å². The van der Waals surface area contributed by atoms with E-state index in [-0.39, 0.29) is 23.5 Å². The number of piperidine rings is 1. The van der Waals surface area contributed by atoms with Crippen molar-refractivity contribution in [1.82, 2.24) is 9.80 Å². The number of amides is 1. The van der Waals surface area contributed by atoms with Crippen LogP contribution >= 0.6 is 27.3 Å². The number of phenolic OH excluding ortho intramolecular Hbond substituents is 1. The van der Waals surface area contributed by atoms with E-state index in [0.29, 0.717) is 23.5 Å². The quantitative estimate of drug-likeness (QED) is 0.321. The van der Waals surface area contributed by atoms with Crippen LogP contribution in [0.15, 0.2) is 58.4 Å². The highest BCUT2D eigenvalue weighted by molar-refractivity contribution is 9.10. The Balaban J connectivity index is 1.22. The molecule has 41 heavy (non-hydrogen) atoms. The van der Waals surface area contributed by atoms with Gasteiger partial charge in [0.25, 0.3) is 0 Å². The second kappa shape index (κ2) is 10.5. The lowest BCUT2D eigenvalue weighted by Crippen LogP contribution is -2.69. The number of nitrogens with zero attached hydrogens (tertiary/aromatic N) is 2. The number of ether oxygens (including phenoxy) is 2. The van der Waals surface area contributed by atoms with E-state index in [9.17, 15) is 9.90 Å². The monoisotopic (exact) mass is 634 g/mol. The van der Waals surface area contributed by atoms with Crippen molar-refractivity contribution in [3.63, 3.8) is 0 Å². The lowest BCUT2D eigenvalue weighted by Gasteiger charge is -2.60. The van der Waals surface area contributed by atoms with E-state index < -0.39 is 0 Å². The number of halogens is 1. The number of hydrogen-bond donors (Lipinski definition) is 1. The standard InChI is InChI=1S/C33H35BrN2O4S/c1-35(29(38)11-8-22-16-21(34)19-41-22)25-10-9-24-26-17-23-27(37)18-28(39-2)31-30(23)33(24,32(25)40-31)13-15-36(26)14-12-20-6-4-3-5-7-20/h3-8,11,16,18-19,24-26,32,37H,9-10,12-15,17H2,1-2H3/b11-8+/t24-,25-,26+,32-,33-/m0/s1. The summed E-state index contributed by atoms with van der Waals surface area (Å²) in [4.78, 5) is 19.0. The molecule has 4 aliphatic rings. The van der Waals surface area contributed by atoms with Crippen molar-refractivity contribution < 1.29 is 19.4 Å². The second-order valence-corrected chi connectivity index (χ2v) is 13.7. The average Bonchev–Trinajstić information content (AvgIpc) is 3.56. The zero-order valence-corrected chi connectivity index (χ0v) is 25.8. The fraction of sp³-hybridized carbons (Fsp3) is 0.424. The molecule has 7 rings (SSSR count). The van der Waals surface area contributed by atoms with Crippen molar-refractivity contribution in [2.45, 2.75) is 55.7 Å². The molecule has 1 aromatic heterocycles. The van der Waals surface area contributed by atoms with Gasteiger partial charge in [-0.1, -0.05) is 30.3 Å². The third kappa shape index (κ3) is 4.33. The Morgan fingerprint density at radius 3 is 2.88 bits per heavy atom. The maximum absolute atomic E-state index is 13.5. The predicted octanol–water partition coefficient (Wildman–Crippen LogP) is 6.05. The van der Waals surface area contributed by atoms with Gasteiger partial charge in [-0.05, 0) is 78.2 Å². The van der Waals surface area contributed by atoms with E-state index in [1.165, 1.54) is 5.56 Å². The number of rotatable bonds is 7. The van der Waals surface area contributed by atoms with Gasteiger partial charge in [0.15, 0.2) is 11.5 Å². The molecule has 1 amide bonds. The van der Waals surface area contributed by atoms with Crippen LogP contribution in [0.25, 0.3) is 6.08 Å². The highest BCUT2D eigenvalue weighted by atomic mass is 79.9. The van der Waals surface area contributed by atoms with E-state index >= 15 is 0 Å². The molecule has 2 bridgehead atoms. The number of carbonyl (C=O) groups excluding carboxylic acids is 1. The summed E-state index contributed by atoms with van der Waals surface area (Å²) in [6, 6.07) is 14.7. The Labute approximate surface area is 253 Å². The van der Waals surface area contributed by atoms with E-state index in [4.69, 9.17) is 9.47 Å². The maximum atomic E-state index is 13.5. The summed E-state index contributed by atoms with van der Waals surface area (Å²) in [6.45, 7) is 1.97. The van der Waals surface area contributed by atoms with E-state index in [1.54, 1.807) is 30.6 Å². The molecule has 2 aliphatic heterocycles. The molecule has 3 aromatic rings. The number of likely N-dealkylation sites (N-methyl/N-ethyl adjacent to an activating group) is 1. The molecule has 2 aliphatic carbocycles. The molecule has 6 nitrogen and oxygen atoms in total. The first-order chi connectivity index (χ1) is 19.9. The molecule has 1 spiro atoms. The van der Waals surface area contributed by atoms with Crippen molar-refractivity contribution in [2.75, 3.05) is 27.2 Å². The molecule has 214 valence electrons. The van der Waals surface area contributed by atoms with Gasteiger partial charge in [0.2, 0.25) is 5.91 Å². The lowest BCUT2D eigenvalue weighted by atomic mass is 9.50. The van der Waals surface area contributed by atoms with E-state index in [2.05, 4.69) is 51.2 Å². The second-order valence-electron chi connectivity index (χ2n) is 11.9. The molecule has 8 heteroatoms. The summed E-state index contributed by atoms with van der Waals surface area (Å²) < 4.78 is 13.7. The predicted molar refractivity (Wildman–Crippen MR) is 165 cm³/mol. The van der Waals surface area contributed by atoms with Crippen LogP contribution < -0.4 is 9.47 Å². The van der Waals surface area contributed by atoms with Gasteiger partial charge in [-0.3, -0.25) is 9.69 Å². The van der Waals surface area contributed by atoms with Crippen LogP contribution in [0.4, 0.5) is 0 Å². The minimum absolute atomic E-state index is 0.0170. The van der Waals surface area contributed by atoms with Gasteiger partial charge in [0.05, 0.1) is 13.2 Å². The van der Waals surface area contributed by atoms with E-state index in [1.807, 2.05) is 29.5 Å². The summed E-state index contributed by atoms with van der Waals surface area (Å²) >= 11 is 5.10. The molecule has 1 saturated heterocycles. The molecule has 1 saturated carbocycles. The van der Waals surface area contributed by atoms with Gasteiger partial charge in [-0.25, -0.2) is 0 Å². The fourth-order valence-corrected chi connectivity index (χ4v) is 9.58. The molecule has 2 fully saturated rings. The third-order valence-corrected chi connectivity index (χ3v) is 11.7. The number of likely N-dealkylation sites (tertiary alicyclic amines) is 1. The van der Waals surface area contributed by atoms with Crippen LogP contribution in [0.3, 0.4) is 0 Å². The Hall–Kier alpha value is -2.81. The van der Waals surface area contributed by atoms with Gasteiger partial charge in [-0.2, -0.15) is 0 Å². The van der Waals surface area contributed by atoms with Crippen molar-refractivity contribution in [3.8, 4) is 17.2 Å². The van der Waals surface area contributed by atoms with Crippen molar-refractivity contribution >= 4 is 39.2 Å². The van der Waals surface area contributed by atoms with Gasteiger partial charge < -0.3 is 19.5 Å². The first-order valence-corrected chi connectivity index (χ1v) is 16.1. The number of hydrogen-bond acceptors (Lipinski definition) is 6. The summed E-state index contributed by atoms with van der Waals surface area (Å²) in [5, 5.41) is 13.3. The smallest absolute Gasteiger partial charge is 0.246 e. The SMILES string of the molecule is COc1cc(O)c2c3c1O[C@H]1[C@@H](N(C)C(=O)/C=C/c4cc(Br)cs4)CC[C@H]4[C@@H](C2)N(CCc2ccccc2)CC[C@@]341. The van der Waals surface area contributed by atoms with Crippen LogP contribution in [0, 0.1) is 5.92 Å². The van der Waals surface area contributed by atoms with Gasteiger partial charge in [0.1, 0.15) is 11.9 Å². The molecular formula is C33H35BrN2O4S. The molecule has 2 aromatic carbocycles. The molecule has 3 heterocycles. The third-order valence-electron chi connectivity index (χ3n) is 10.1. The van der Waals surface area contributed by atoms with Crippen LogP contribution in [0.5, 0.6) is 17.2 Å². The summed E-state index contributed by atoms with van der Waals surface area (Å²) in [6.07, 6.45) is 8.07. The number of carbonyl (C=O) groups is 1. The minimum atomic E-state index is -0.247. The Morgan fingerprint density at radius 1 is 1.29 bits per heavy atom. The first-order valence-electron chi connectivity index (χ1n) is 14.5. The fourth-order valence-electron chi connectivity index (χ4n) is 8.24. The number of benzene rings is 2. The molecule has 0 unspecified atom stereocenters. The number of aromatic hydroxyl groups is 1. The maximum Gasteiger partial charge on any atom is 0.246 e. The van der Waals surface area contributed by atoms with Gasteiger partial charge in [0, 0.05) is 63.0 Å². The molecule has 1 N–H and O–H groups in total. The van der Waals surface area contributed by atoms with Gasteiger partial charge in [-0.15, -0.1) is 11.3 Å². The molecule has 5 atom stereocenters. The van der Waals surface area contributed by atoms with Crippen LogP contribution in [-0.2, 0) is 23.1 Å². The Bertz CT molecular complexity index is 1510. The van der Waals surface area contributed by atoms with Crippen LogP contribution in [0.2, 0.25) is 0 Å². The summed E-state index contributed by atoms with van der Waals surface area (Å²) in [7, 11) is 3.55. The number of phenols is 1. The van der Waals surface area contributed by atoms with Crippen molar-refractivity contribution in [3.05, 3.63) is 80.0 Å². The van der Waals surface area contributed by atoms with Crippen LogP contribution in [0.1, 0.15) is 40.8 Å². The lowest BCUT2D eigenvalue weighted by molar-refractivity contribution is -0.135. The Morgan fingerprint density at radius 2 is 2.12 bits per heavy atom. The number of methoxy groups -OCH3 is 1. The summed E-state index contributed by atoms with van der Waals surface area (Å²) in [5.41, 5.74) is 3.26. The summed E-state index contributed by atoms with van der Waals surface area (Å²) in [5.74, 6) is 2.05.